The number of hydrogen-bond acceptors (Lipinski definition) is 5. The topological polar surface area (TPSA) is 55.9 Å². The molecule has 2 rings (SSSR count). The Morgan fingerprint density at radius 3 is 2.74 bits per heavy atom. The number of nitrogens with one attached hydrogen (secondary N) is 1. The van der Waals surface area contributed by atoms with E-state index in [0.29, 0.717) is 10.5 Å². The van der Waals surface area contributed by atoms with Crippen LogP contribution in [0.3, 0.4) is 0 Å². The average Bonchev–Trinajstić information content (AvgIpc) is 2.63. The zero-order chi connectivity index (χ0) is 14.0. The lowest BCUT2D eigenvalue weighted by molar-refractivity contribution is 0.486. The molecule has 1 aromatic heterocycles. The molecule has 1 aromatic rings. The Hall–Kier alpha value is 0.310. The van der Waals surface area contributed by atoms with Crippen molar-refractivity contribution >= 4 is 39.5 Å². The summed E-state index contributed by atoms with van der Waals surface area (Å²) in [7, 11) is 1.99. The highest BCUT2D eigenvalue weighted by Crippen LogP contribution is 2.34. The maximum atomic E-state index is 5.80. The summed E-state index contributed by atoms with van der Waals surface area (Å²) >= 11 is 7.71. The first-order chi connectivity index (χ1) is 9.04. The first-order valence-electron chi connectivity index (χ1n) is 6.42. The summed E-state index contributed by atoms with van der Waals surface area (Å²) in [4.78, 5) is 0. The molecule has 2 heterocycles. The van der Waals surface area contributed by atoms with E-state index in [1.165, 1.54) is 17.2 Å². The number of halogens is 1. The molecular formula is C12H21BrN4S2. The predicted molar refractivity (Wildman–Crippen MR) is 88.6 cm³/mol. The Morgan fingerprint density at radius 2 is 2.21 bits per heavy atom. The number of thioether (sulfide) groups is 2. The van der Waals surface area contributed by atoms with Gasteiger partial charge in [0, 0.05) is 41.5 Å². The summed E-state index contributed by atoms with van der Waals surface area (Å²) in [6.07, 6.45) is 0.900. The number of hydrogen-bond donors (Lipinski definition) is 2. The molecule has 0 bridgehead atoms. The van der Waals surface area contributed by atoms with Gasteiger partial charge in [0.25, 0.3) is 0 Å². The van der Waals surface area contributed by atoms with E-state index in [4.69, 9.17) is 5.84 Å². The summed E-state index contributed by atoms with van der Waals surface area (Å²) in [5.74, 6) is 8.26. The largest absolute Gasteiger partial charge is 0.271 e. The Labute approximate surface area is 131 Å². The van der Waals surface area contributed by atoms with Gasteiger partial charge in [-0.25, -0.2) is 0 Å². The van der Waals surface area contributed by atoms with Gasteiger partial charge < -0.3 is 0 Å². The van der Waals surface area contributed by atoms with Gasteiger partial charge in [-0.3, -0.25) is 16.0 Å². The standard InChI is InChI=1S/C12H21BrN4S2/c1-7-11(13)10(17(3)16-7)6-9(15-14)12-8(2)18-4-5-19-12/h8-9,12,15H,4-6,14H2,1-3H3. The number of nitrogens with zero attached hydrogens (tertiary/aromatic N) is 2. The molecule has 7 heteroatoms. The second kappa shape index (κ2) is 6.85. The van der Waals surface area contributed by atoms with Crippen LogP contribution in [-0.4, -0.2) is 37.8 Å². The van der Waals surface area contributed by atoms with E-state index in [1.807, 2.05) is 42.2 Å². The fraction of sp³-hybridized carbons (Fsp3) is 0.750. The maximum Gasteiger partial charge on any atom is 0.0738 e. The number of nitrogens with two attached hydrogens (primary N) is 1. The number of rotatable bonds is 4. The minimum absolute atomic E-state index is 0.277. The highest BCUT2D eigenvalue weighted by molar-refractivity contribution is 9.10. The van der Waals surface area contributed by atoms with Crippen molar-refractivity contribution in [3.63, 3.8) is 0 Å². The third-order valence-corrected chi connectivity index (χ3v) is 7.81. The van der Waals surface area contributed by atoms with Crippen LogP contribution in [0.25, 0.3) is 0 Å². The van der Waals surface area contributed by atoms with Gasteiger partial charge in [0.1, 0.15) is 0 Å². The number of aryl methyl sites for hydroxylation is 2. The zero-order valence-corrected chi connectivity index (χ0v) is 14.7. The van der Waals surface area contributed by atoms with Crippen molar-refractivity contribution in [2.24, 2.45) is 12.9 Å². The van der Waals surface area contributed by atoms with Crippen molar-refractivity contribution < 1.29 is 0 Å². The van der Waals surface area contributed by atoms with Crippen LogP contribution in [-0.2, 0) is 13.5 Å². The number of hydrazine groups is 1. The van der Waals surface area contributed by atoms with Crippen LogP contribution < -0.4 is 11.3 Å². The molecule has 0 radical (unpaired) electrons. The summed E-state index contributed by atoms with van der Waals surface area (Å²) in [6.45, 7) is 4.32. The van der Waals surface area contributed by atoms with E-state index in [2.05, 4.69) is 33.4 Å². The minimum Gasteiger partial charge on any atom is -0.271 e. The molecule has 1 aliphatic rings. The van der Waals surface area contributed by atoms with Crippen LogP contribution in [0, 0.1) is 6.92 Å². The van der Waals surface area contributed by atoms with Gasteiger partial charge in [0.05, 0.1) is 15.9 Å². The molecular weight excluding hydrogens is 344 g/mol. The zero-order valence-electron chi connectivity index (χ0n) is 11.5. The highest BCUT2D eigenvalue weighted by Gasteiger charge is 2.31. The third-order valence-electron chi connectivity index (χ3n) is 3.52. The first-order valence-corrected chi connectivity index (χ1v) is 9.31. The van der Waals surface area contributed by atoms with Crippen molar-refractivity contribution in [3.05, 3.63) is 15.9 Å². The lowest BCUT2D eigenvalue weighted by Gasteiger charge is -2.34. The second-order valence-corrected chi connectivity index (χ2v) is 8.42. The van der Waals surface area contributed by atoms with Gasteiger partial charge in [0.2, 0.25) is 0 Å². The fourth-order valence-electron chi connectivity index (χ4n) is 2.47. The fourth-order valence-corrected chi connectivity index (χ4v) is 5.91. The van der Waals surface area contributed by atoms with Crippen LogP contribution in [0.1, 0.15) is 18.3 Å². The number of aromatic nitrogens is 2. The average molecular weight is 365 g/mol. The quantitative estimate of drug-likeness (QED) is 0.632. The van der Waals surface area contributed by atoms with Gasteiger partial charge >= 0.3 is 0 Å². The van der Waals surface area contributed by atoms with E-state index in [0.717, 1.165) is 16.6 Å². The normalized spacial score (nSPS) is 25.5. The highest BCUT2D eigenvalue weighted by atomic mass is 79.9. The lowest BCUT2D eigenvalue weighted by atomic mass is 10.1. The van der Waals surface area contributed by atoms with Crippen molar-refractivity contribution in [2.75, 3.05) is 11.5 Å². The summed E-state index contributed by atoms with van der Waals surface area (Å²) in [5.41, 5.74) is 5.26. The van der Waals surface area contributed by atoms with Gasteiger partial charge in [-0.1, -0.05) is 6.92 Å². The van der Waals surface area contributed by atoms with Gasteiger partial charge in [-0.15, -0.1) is 0 Å². The Morgan fingerprint density at radius 1 is 1.53 bits per heavy atom. The summed E-state index contributed by atoms with van der Waals surface area (Å²) < 4.78 is 3.06. The van der Waals surface area contributed by atoms with Crippen LogP contribution in [0.15, 0.2) is 4.47 Å². The van der Waals surface area contributed by atoms with E-state index >= 15 is 0 Å². The van der Waals surface area contributed by atoms with Crippen molar-refractivity contribution in [1.29, 1.82) is 0 Å². The molecule has 1 aliphatic heterocycles. The third kappa shape index (κ3) is 3.50. The van der Waals surface area contributed by atoms with Crippen LogP contribution in [0.4, 0.5) is 0 Å². The molecule has 0 saturated carbocycles. The van der Waals surface area contributed by atoms with Crippen LogP contribution in [0.2, 0.25) is 0 Å². The maximum absolute atomic E-state index is 5.80. The lowest BCUT2D eigenvalue weighted by Crippen LogP contribution is -2.49. The van der Waals surface area contributed by atoms with Gasteiger partial charge in [-0.05, 0) is 22.9 Å². The summed E-state index contributed by atoms with van der Waals surface area (Å²) in [6, 6.07) is 0.277. The smallest absolute Gasteiger partial charge is 0.0738 e. The van der Waals surface area contributed by atoms with Crippen LogP contribution >= 0.6 is 39.5 Å². The van der Waals surface area contributed by atoms with E-state index in [1.54, 1.807) is 0 Å². The molecule has 0 aliphatic carbocycles. The SMILES string of the molecule is Cc1nn(C)c(CC(NN)C2SCCSC2C)c1Br. The predicted octanol–water partition coefficient (Wildman–Crippen LogP) is 2.10. The molecule has 0 aromatic carbocycles. The Balaban J connectivity index is 2.14. The van der Waals surface area contributed by atoms with E-state index in [-0.39, 0.29) is 6.04 Å². The molecule has 3 N–H and O–H groups in total. The van der Waals surface area contributed by atoms with E-state index in [9.17, 15) is 0 Å². The monoisotopic (exact) mass is 364 g/mol. The molecule has 3 unspecified atom stereocenters. The first kappa shape index (κ1) is 15.7. The molecule has 3 atom stereocenters. The molecule has 1 saturated heterocycles. The Kier molecular flexibility index (Phi) is 5.65. The molecule has 0 spiro atoms. The van der Waals surface area contributed by atoms with Gasteiger partial charge in [0.15, 0.2) is 0 Å². The minimum atomic E-state index is 0.277. The molecule has 0 amide bonds. The van der Waals surface area contributed by atoms with Gasteiger partial charge in [-0.2, -0.15) is 28.6 Å². The van der Waals surface area contributed by atoms with Crippen molar-refractivity contribution in [2.45, 2.75) is 36.8 Å². The second-order valence-electron chi connectivity index (χ2n) is 4.86. The van der Waals surface area contributed by atoms with Crippen LogP contribution in [0.5, 0.6) is 0 Å². The Bertz CT molecular complexity index is 438. The summed E-state index contributed by atoms with van der Waals surface area (Å²) in [5, 5.41) is 5.63. The van der Waals surface area contributed by atoms with Crippen molar-refractivity contribution in [1.82, 2.24) is 15.2 Å². The molecule has 4 nitrogen and oxygen atoms in total. The van der Waals surface area contributed by atoms with Crippen molar-refractivity contribution in [3.8, 4) is 0 Å². The molecule has 19 heavy (non-hydrogen) atoms. The molecule has 1 fully saturated rings. The van der Waals surface area contributed by atoms with E-state index < -0.39 is 0 Å². The molecule has 108 valence electrons.